The van der Waals surface area contributed by atoms with E-state index in [0.29, 0.717) is 11.4 Å². The molecule has 86 valence electrons. The molecule has 0 unspecified atom stereocenters. The molecule has 0 saturated carbocycles. The van der Waals surface area contributed by atoms with Gasteiger partial charge in [-0.3, -0.25) is 25.9 Å². The molecule has 0 heterocycles. The molecule has 2 amide bonds. The Balaban J connectivity index is 2.61. The van der Waals surface area contributed by atoms with Crippen molar-refractivity contribution in [3.63, 3.8) is 0 Å². The maximum Gasteiger partial charge on any atom is 0.328 e. The highest BCUT2D eigenvalue weighted by atomic mass is 16.5. The van der Waals surface area contributed by atoms with Gasteiger partial charge < -0.3 is 4.74 Å². The zero-order chi connectivity index (χ0) is 12.0. The van der Waals surface area contributed by atoms with Crippen LogP contribution >= 0.6 is 0 Å². The number of hydrogen-bond acceptors (Lipinski definition) is 5. The zero-order valence-electron chi connectivity index (χ0n) is 8.61. The maximum absolute atomic E-state index is 11.0. The Morgan fingerprint density at radius 1 is 1.25 bits per heavy atom. The van der Waals surface area contributed by atoms with Crippen LogP contribution in [-0.4, -0.2) is 18.9 Å². The average Bonchev–Trinajstić information content (AvgIpc) is 2.35. The Labute approximate surface area is 91.9 Å². The van der Waals surface area contributed by atoms with Gasteiger partial charge in [0.15, 0.2) is 0 Å². The molecule has 1 rings (SSSR count). The number of hydrazine groups is 2. The summed E-state index contributed by atoms with van der Waals surface area (Å²) in [7, 11) is 1.49. The highest BCUT2D eigenvalue weighted by Gasteiger charge is 2.11. The van der Waals surface area contributed by atoms with Crippen LogP contribution in [0.15, 0.2) is 24.3 Å². The van der Waals surface area contributed by atoms with Crippen molar-refractivity contribution in [2.45, 2.75) is 0 Å². The van der Waals surface area contributed by atoms with Crippen LogP contribution in [0.2, 0.25) is 0 Å². The lowest BCUT2D eigenvalue weighted by Crippen LogP contribution is -2.45. The molecule has 16 heavy (non-hydrogen) atoms. The van der Waals surface area contributed by atoms with Crippen molar-refractivity contribution in [3.05, 3.63) is 24.3 Å². The molecule has 0 bridgehead atoms. The molecule has 7 heteroatoms. The number of nitrogens with one attached hydrogen (secondary N) is 3. The normalized spacial score (nSPS) is 9.12. The monoisotopic (exact) mass is 224 g/mol. The summed E-state index contributed by atoms with van der Waals surface area (Å²) >= 11 is 0. The van der Waals surface area contributed by atoms with Crippen LogP contribution in [0, 0.1) is 0 Å². The molecule has 0 aromatic heterocycles. The van der Waals surface area contributed by atoms with Crippen molar-refractivity contribution in [1.29, 1.82) is 0 Å². The van der Waals surface area contributed by atoms with E-state index in [2.05, 4.69) is 10.9 Å². The molecular weight excluding hydrogens is 212 g/mol. The summed E-state index contributed by atoms with van der Waals surface area (Å²) in [6.45, 7) is 0. The van der Waals surface area contributed by atoms with Crippen molar-refractivity contribution in [2.24, 2.45) is 5.84 Å². The van der Waals surface area contributed by atoms with Crippen molar-refractivity contribution < 1.29 is 14.3 Å². The predicted octanol–water partition coefficient (Wildman–Crippen LogP) is -0.872. The first-order valence-electron chi connectivity index (χ1n) is 4.39. The number of amides is 2. The van der Waals surface area contributed by atoms with Crippen molar-refractivity contribution in [2.75, 3.05) is 12.5 Å². The van der Waals surface area contributed by atoms with Crippen LogP contribution in [0.3, 0.4) is 0 Å². The lowest BCUT2D eigenvalue weighted by molar-refractivity contribution is -0.138. The van der Waals surface area contributed by atoms with E-state index in [-0.39, 0.29) is 0 Å². The van der Waals surface area contributed by atoms with Crippen LogP contribution in [0.4, 0.5) is 5.69 Å². The summed E-state index contributed by atoms with van der Waals surface area (Å²) in [4.78, 5) is 21.8. The quantitative estimate of drug-likeness (QED) is 0.231. The molecule has 1 aromatic carbocycles. The summed E-state index contributed by atoms with van der Waals surface area (Å²) in [6, 6.07) is 6.91. The lowest BCUT2D eigenvalue weighted by Gasteiger charge is -2.10. The zero-order valence-corrected chi connectivity index (χ0v) is 8.61. The van der Waals surface area contributed by atoms with Crippen molar-refractivity contribution >= 4 is 17.5 Å². The topological polar surface area (TPSA) is 105 Å². The number of ether oxygens (including phenoxy) is 1. The van der Waals surface area contributed by atoms with Crippen molar-refractivity contribution in [3.8, 4) is 5.75 Å². The molecule has 0 aliphatic carbocycles. The first-order chi connectivity index (χ1) is 7.69. The fourth-order valence-electron chi connectivity index (χ4n) is 0.994. The molecule has 0 spiro atoms. The van der Waals surface area contributed by atoms with E-state index in [9.17, 15) is 9.59 Å². The maximum atomic E-state index is 11.0. The molecule has 0 aliphatic heterocycles. The first-order valence-corrected chi connectivity index (χ1v) is 4.39. The van der Waals surface area contributed by atoms with E-state index in [0.717, 1.165) is 0 Å². The minimum Gasteiger partial charge on any atom is -0.495 e. The predicted molar refractivity (Wildman–Crippen MR) is 57.1 cm³/mol. The molecule has 0 aliphatic rings. The first kappa shape index (κ1) is 11.8. The Bertz CT molecular complexity index is 394. The average molecular weight is 224 g/mol. The molecular formula is C9H12N4O3. The molecule has 5 N–H and O–H groups in total. The van der Waals surface area contributed by atoms with E-state index in [4.69, 9.17) is 10.6 Å². The Morgan fingerprint density at radius 2 is 1.94 bits per heavy atom. The SMILES string of the molecule is COc1ccccc1NNC(=O)C(=O)NN. The second-order valence-electron chi connectivity index (χ2n) is 2.75. The van der Waals surface area contributed by atoms with Gasteiger partial charge >= 0.3 is 11.8 Å². The summed E-state index contributed by atoms with van der Waals surface area (Å²) in [5.41, 5.74) is 6.94. The lowest BCUT2D eigenvalue weighted by atomic mass is 10.3. The molecule has 1 aromatic rings. The van der Waals surface area contributed by atoms with Gasteiger partial charge in [-0.25, -0.2) is 5.84 Å². The molecule has 0 saturated heterocycles. The Hall–Kier alpha value is -2.28. The summed E-state index contributed by atoms with van der Waals surface area (Å²) in [5, 5.41) is 0. The van der Waals surface area contributed by atoms with E-state index >= 15 is 0 Å². The van der Waals surface area contributed by atoms with E-state index in [1.54, 1.807) is 29.7 Å². The van der Waals surface area contributed by atoms with Crippen LogP contribution in [0.5, 0.6) is 5.75 Å². The number of hydrogen-bond donors (Lipinski definition) is 4. The van der Waals surface area contributed by atoms with Gasteiger partial charge in [-0.2, -0.15) is 0 Å². The van der Waals surface area contributed by atoms with Gasteiger partial charge in [-0.05, 0) is 12.1 Å². The highest BCUT2D eigenvalue weighted by molar-refractivity contribution is 6.35. The van der Waals surface area contributed by atoms with Gasteiger partial charge in [0.2, 0.25) is 0 Å². The fourth-order valence-corrected chi connectivity index (χ4v) is 0.994. The number of nitrogens with two attached hydrogens (primary N) is 1. The third kappa shape index (κ3) is 2.85. The van der Waals surface area contributed by atoms with Gasteiger partial charge in [0.05, 0.1) is 12.8 Å². The number of carbonyl (C=O) groups excluding carboxylic acids is 2. The highest BCUT2D eigenvalue weighted by Crippen LogP contribution is 2.21. The fraction of sp³-hybridized carbons (Fsp3) is 0.111. The molecule has 7 nitrogen and oxygen atoms in total. The molecule has 0 radical (unpaired) electrons. The van der Waals surface area contributed by atoms with Gasteiger partial charge in [0.25, 0.3) is 0 Å². The van der Waals surface area contributed by atoms with E-state index in [1.165, 1.54) is 7.11 Å². The minimum atomic E-state index is -0.942. The second-order valence-corrected chi connectivity index (χ2v) is 2.75. The third-order valence-electron chi connectivity index (χ3n) is 1.75. The Morgan fingerprint density at radius 3 is 2.56 bits per heavy atom. The van der Waals surface area contributed by atoms with Crippen molar-refractivity contribution in [1.82, 2.24) is 10.9 Å². The number of carbonyl (C=O) groups is 2. The van der Waals surface area contributed by atoms with Gasteiger partial charge in [0, 0.05) is 0 Å². The standard InChI is InChI=1S/C9H12N4O3/c1-16-7-5-3-2-4-6(7)12-13-9(15)8(14)11-10/h2-5,12H,10H2,1H3,(H,11,14)(H,13,15). The summed E-state index contributed by atoms with van der Waals surface area (Å²) in [6.07, 6.45) is 0. The van der Waals surface area contributed by atoms with Crippen LogP contribution in [0.1, 0.15) is 0 Å². The van der Waals surface area contributed by atoms with Crippen LogP contribution < -0.4 is 26.9 Å². The van der Waals surface area contributed by atoms with E-state index in [1.807, 2.05) is 0 Å². The number of anilines is 1. The third-order valence-corrected chi connectivity index (χ3v) is 1.75. The molecule has 0 atom stereocenters. The largest absolute Gasteiger partial charge is 0.495 e. The smallest absolute Gasteiger partial charge is 0.328 e. The molecule has 0 fully saturated rings. The second kappa shape index (κ2) is 5.56. The number of methoxy groups -OCH3 is 1. The Kier molecular flexibility index (Phi) is 4.10. The number of para-hydroxylation sites is 2. The van der Waals surface area contributed by atoms with Crippen LogP contribution in [0.25, 0.3) is 0 Å². The van der Waals surface area contributed by atoms with Gasteiger partial charge in [-0.1, -0.05) is 12.1 Å². The number of benzene rings is 1. The summed E-state index contributed by atoms with van der Waals surface area (Å²) < 4.78 is 5.03. The van der Waals surface area contributed by atoms with E-state index < -0.39 is 11.8 Å². The minimum absolute atomic E-state index is 0.531. The number of rotatable bonds is 3. The summed E-state index contributed by atoms with van der Waals surface area (Å²) in [5.74, 6) is 3.49. The van der Waals surface area contributed by atoms with Gasteiger partial charge in [-0.15, -0.1) is 0 Å². The van der Waals surface area contributed by atoms with Crippen LogP contribution in [-0.2, 0) is 9.59 Å². The van der Waals surface area contributed by atoms with Gasteiger partial charge in [0.1, 0.15) is 5.75 Å².